The van der Waals surface area contributed by atoms with Gasteiger partial charge in [-0.05, 0) is 30.2 Å². The van der Waals surface area contributed by atoms with E-state index in [1.807, 2.05) is 0 Å². The van der Waals surface area contributed by atoms with Crippen LogP contribution in [0.4, 0.5) is 0 Å². The fraction of sp³-hybridized carbons (Fsp3) is 0.214. The van der Waals surface area contributed by atoms with E-state index in [-0.39, 0.29) is 24.3 Å². The number of carbonyl (C=O) groups excluding carboxylic acids is 1. The summed E-state index contributed by atoms with van der Waals surface area (Å²) in [6.45, 7) is -0.162. The Hall–Kier alpha value is -2.27. The number of phenols is 1. The Labute approximate surface area is 110 Å². The van der Waals surface area contributed by atoms with Gasteiger partial charge in [0, 0.05) is 0 Å². The lowest BCUT2D eigenvalue weighted by atomic mass is 10.1. The number of nitrogens with one attached hydrogen (secondary N) is 1. The standard InChI is InChI=1S/C14H15NO4/c16-8-12(7-10-1-3-13(17)4-2-10)15-14(18)11-5-6-19-9-11/h1-6,9,12,16-17H,7-8H2,(H,15,18)/t12-/m0/s1. The molecule has 0 aliphatic heterocycles. The summed E-state index contributed by atoms with van der Waals surface area (Å²) in [5.41, 5.74) is 1.34. The summed E-state index contributed by atoms with van der Waals surface area (Å²) in [5.74, 6) is -0.0988. The minimum Gasteiger partial charge on any atom is -0.508 e. The van der Waals surface area contributed by atoms with Gasteiger partial charge in [-0.15, -0.1) is 0 Å². The van der Waals surface area contributed by atoms with Gasteiger partial charge in [0.15, 0.2) is 0 Å². The van der Waals surface area contributed by atoms with E-state index in [4.69, 9.17) is 4.42 Å². The smallest absolute Gasteiger partial charge is 0.254 e. The zero-order valence-corrected chi connectivity index (χ0v) is 10.2. The van der Waals surface area contributed by atoms with Crippen LogP contribution in [0.5, 0.6) is 5.75 Å². The van der Waals surface area contributed by atoms with Gasteiger partial charge in [-0.1, -0.05) is 12.1 Å². The lowest BCUT2D eigenvalue weighted by Crippen LogP contribution is -2.38. The molecule has 2 rings (SSSR count). The van der Waals surface area contributed by atoms with E-state index in [0.29, 0.717) is 12.0 Å². The average molecular weight is 261 g/mol. The average Bonchev–Trinajstić information content (AvgIpc) is 2.94. The summed E-state index contributed by atoms with van der Waals surface area (Å²) >= 11 is 0. The largest absolute Gasteiger partial charge is 0.508 e. The molecule has 0 radical (unpaired) electrons. The first-order chi connectivity index (χ1) is 9.19. The molecule has 0 saturated heterocycles. The number of hydrogen-bond donors (Lipinski definition) is 3. The molecule has 0 unspecified atom stereocenters. The molecule has 0 aliphatic rings. The van der Waals surface area contributed by atoms with Crippen LogP contribution < -0.4 is 5.32 Å². The van der Waals surface area contributed by atoms with Gasteiger partial charge in [0.2, 0.25) is 0 Å². The third kappa shape index (κ3) is 3.59. The third-order valence-electron chi connectivity index (χ3n) is 2.76. The van der Waals surface area contributed by atoms with E-state index in [1.165, 1.54) is 12.5 Å². The van der Waals surface area contributed by atoms with Crippen molar-refractivity contribution in [1.82, 2.24) is 5.32 Å². The van der Waals surface area contributed by atoms with Crippen LogP contribution >= 0.6 is 0 Å². The summed E-state index contributed by atoms with van der Waals surface area (Å²) in [5, 5.41) is 21.2. The number of aliphatic hydroxyl groups excluding tert-OH is 1. The van der Waals surface area contributed by atoms with E-state index >= 15 is 0 Å². The van der Waals surface area contributed by atoms with E-state index in [9.17, 15) is 15.0 Å². The van der Waals surface area contributed by atoms with Gasteiger partial charge in [0.25, 0.3) is 5.91 Å². The SMILES string of the molecule is O=C(N[C@H](CO)Cc1ccc(O)cc1)c1ccoc1. The molecule has 3 N–H and O–H groups in total. The van der Waals surface area contributed by atoms with Gasteiger partial charge < -0.3 is 19.9 Å². The molecule has 0 saturated carbocycles. The van der Waals surface area contributed by atoms with Crippen molar-refractivity contribution in [3.8, 4) is 5.75 Å². The maximum atomic E-state index is 11.8. The van der Waals surface area contributed by atoms with Crippen LogP contribution in [0.2, 0.25) is 0 Å². The third-order valence-corrected chi connectivity index (χ3v) is 2.76. The van der Waals surface area contributed by atoms with Crippen LogP contribution in [0.25, 0.3) is 0 Å². The highest BCUT2D eigenvalue weighted by molar-refractivity contribution is 5.93. The van der Waals surface area contributed by atoms with Gasteiger partial charge in [-0.2, -0.15) is 0 Å². The Kier molecular flexibility index (Phi) is 4.20. The molecule has 0 aliphatic carbocycles. The molecule has 2 aromatic rings. The fourth-order valence-electron chi connectivity index (χ4n) is 1.74. The second-order valence-electron chi connectivity index (χ2n) is 4.24. The van der Waals surface area contributed by atoms with E-state index < -0.39 is 0 Å². The van der Waals surface area contributed by atoms with E-state index in [1.54, 1.807) is 30.3 Å². The van der Waals surface area contributed by atoms with Gasteiger partial charge in [0.05, 0.1) is 24.5 Å². The molecule has 0 spiro atoms. The van der Waals surface area contributed by atoms with Crippen molar-refractivity contribution in [3.05, 3.63) is 54.0 Å². The molecule has 1 heterocycles. The van der Waals surface area contributed by atoms with Crippen molar-refractivity contribution in [1.29, 1.82) is 0 Å². The summed E-state index contributed by atoms with van der Waals surface area (Å²) < 4.78 is 4.83. The molecule has 0 fully saturated rings. The van der Waals surface area contributed by atoms with Crippen LogP contribution in [0.15, 0.2) is 47.3 Å². The number of amides is 1. The molecular weight excluding hydrogens is 246 g/mol. The molecule has 1 aromatic carbocycles. The number of furan rings is 1. The van der Waals surface area contributed by atoms with Crippen molar-refractivity contribution in [3.63, 3.8) is 0 Å². The van der Waals surface area contributed by atoms with Crippen LogP contribution in [0, 0.1) is 0 Å². The summed E-state index contributed by atoms with van der Waals surface area (Å²) in [6, 6.07) is 7.82. The number of aliphatic hydroxyl groups is 1. The Morgan fingerprint density at radius 2 is 2.00 bits per heavy atom. The second kappa shape index (κ2) is 6.06. The lowest BCUT2D eigenvalue weighted by Gasteiger charge is -2.15. The van der Waals surface area contributed by atoms with Gasteiger partial charge in [-0.25, -0.2) is 0 Å². The highest BCUT2D eigenvalue weighted by Crippen LogP contribution is 2.11. The number of aromatic hydroxyl groups is 1. The summed E-state index contributed by atoms with van der Waals surface area (Å²) in [7, 11) is 0. The Balaban J connectivity index is 1.97. The first-order valence-corrected chi connectivity index (χ1v) is 5.91. The zero-order chi connectivity index (χ0) is 13.7. The molecule has 19 heavy (non-hydrogen) atoms. The molecule has 1 atom stereocenters. The second-order valence-corrected chi connectivity index (χ2v) is 4.24. The molecule has 0 bridgehead atoms. The van der Waals surface area contributed by atoms with Crippen LogP contribution in [0.3, 0.4) is 0 Å². The van der Waals surface area contributed by atoms with E-state index in [0.717, 1.165) is 5.56 Å². The lowest BCUT2D eigenvalue weighted by molar-refractivity contribution is 0.0916. The summed E-state index contributed by atoms with van der Waals surface area (Å²) in [6.07, 6.45) is 3.26. The molecular formula is C14H15NO4. The maximum absolute atomic E-state index is 11.8. The zero-order valence-electron chi connectivity index (χ0n) is 10.2. The normalized spacial score (nSPS) is 12.1. The molecule has 1 amide bonds. The highest BCUT2D eigenvalue weighted by atomic mass is 16.3. The Morgan fingerprint density at radius 1 is 1.26 bits per heavy atom. The number of phenolic OH excluding ortho intramolecular Hbond substituents is 1. The number of carbonyl (C=O) groups is 1. The van der Waals surface area contributed by atoms with Crippen molar-refractivity contribution in [2.75, 3.05) is 6.61 Å². The van der Waals surface area contributed by atoms with Crippen molar-refractivity contribution in [2.45, 2.75) is 12.5 Å². The first kappa shape index (κ1) is 13.2. The quantitative estimate of drug-likeness (QED) is 0.758. The Morgan fingerprint density at radius 3 is 2.58 bits per heavy atom. The van der Waals surface area contributed by atoms with Crippen molar-refractivity contribution < 1.29 is 19.4 Å². The van der Waals surface area contributed by atoms with Crippen LogP contribution in [-0.2, 0) is 6.42 Å². The van der Waals surface area contributed by atoms with Crippen LogP contribution in [0.1, 0.15) is 15.9 Å². The maximum Gasteiger partial charge on any atom is 0.254 e. The molecule has 100 valence electrons. The Bertz CT molecular complexity index is 519. The minimum atomic E-state index is -0.382. The summed E-state index contributed by atoms with van der Waals surface area (Å²) in [4.78, 5) is 11.8. The topological polar surface area (TPSA) is 82.7 Å². The minimum absolute atomic E-state index is 0.162. The predicted octanol–water partition coefficient (Wildman–Crippen LogP) is 1.32. The van der Waals surface area contributed by atoms with Gasteiger partial charge in [-0.3, -0.25) is 4.79 Å². The van der Waals surface area contributed by atoms with Gasteiger partial charge >= 0.3 is 0 Å². The predicted molar refractivity (Wildman–Crippen MR) is 68.9 cm³/mol. The van der Waals surface area contributed by atoms with Gasteiger partial charge in [0.1, 0.15) is 12.0 Å². The molecule has 1 aromatic heterocycles. The first-order valence-electron chi connectivity index (χ1n) is 5.91. The molecule has 5 nitrogen and oxygen atoms in total. The van der Waals surface area contributed by atoms with Crippen molar-refractivity contribution in [2.24, 2.45) is 0 Å². The highest BCUT2D eigenvalue weighted by Gasteiger charge is 2.14. The van der Waals surface area contributed by atoms with Crippen LogP contribution in [-0.4, -0.2) is 28.8 Å². The van der Waals surface area contributed by atoms with E-state index in [2.05, 4.69) is 5.32 Å². The number of hydrogen-bond acceptors (Lipinski definition) is 4. The monoisotopic (exact) mass is 261 g/mol. The number of rotatable bonds is 5. The van der Waals surface area contributed by atoms with Crippen molar-refractivity contribution >= 4 is 5.91 Å². The molecule has 5 heteroatoms. The number of benzene rings is 1. The fourth-order valence-corrected chi connectivity index (χ4v) is 1.74.